The van der Waals surface area contributed by atoms with E-state index in [1.807, 2.05) is 0 Å². The van der Waals surface area contributed by atoms with Crippen molar-refractivity contribution in [1.29, 1.82) is 0 Å². The topological polar surface area (TPSA) is 99.9 Å². The van der Waals surface area contributed by atoms with Crippen LogP contribution in [-0.2, 0) is 0 Å². The van der Waals surface area contributed by atoms with Crippen LogP contribution in [0.2, 0.25) is 0 Å². The smallest absolute Gasteiger partial charge is 0.288 e. The fraction of sp³-hybridized carbons (Fsp3) is 0.769. The second-order valence-electron chi connectivity index (χ2n) is 5.42. The molecule has 1 aliphatic carbocycles. The molecule has 0 unspecified atom stereocenters. The van der Waals surface area contributed by atoms with Crippen molar-refractivity contribution in [2.45, 2.75) is 44.6 Å². The molecule has 4 N–H and O–H groups in total. The van der Waals surface area contributed by atoms with Gasteiger partial charge in [0.1, 0.15) is 0 Å². The Morgan fingerprint density at radius 1 is 1.45 bits per heavy atom. The van der Waals surface area contributed by atoms with Gasteiger partial charge in [-0.15, -0.1) is 5.10 Å². The van der Waals surface area contributed by atoms with Crippen molar-refractivity contribution >= 4 is 11.9 Å². The summed E-state index contributed by atoms with van der Waals surface area (Å²) in [7, 11) is 2.18. The second kappa shape index (κ2) is 7.23. The van der Waals surface area contributed by atoms with Crippen LogP contribution in [0.15, 0.2) is 0 Å². The van der Waals surface area contributed by atoms with Gasteiger partial charge < -0.3 is 16.0 Å². The Hall–Kier alpha value is -1.63. The first-order chi connectivity index (χ1) is 9.66. The van der Waals surface area contributed by atoms with Crippen molar-refractivity contribution in [3.8, 4) is 0 Å². The van der Waals surface area contributed by atoms with Crippen LogP contribution in [0.3, 0.4) is 0 Å². The molecule has 112 valence electrons. The van der Waals surface area contributed by atoms with Gasteiger partial charge in [0.15, 0.2) is 0 Å². The van der Waals surface area contributed by atoms with Crippen molar-refractivity contribution < 1.29 is 4.79 Å². The number of anilines is 1. The first-order valence-electron chi connectivity index (χ1n) is 7.33. The predicted molar refractivity (Wildman–Crippen MR) is 77.2 cm³/mol. The minimum Gasteiger partial charge on any atom is -0.366 e. The van der Waals surface area contributed by atoms with Crippen LogP contribution in [0.1, 0.15) is 49.1 Å². The molecule has 1 heterocycles. The van der Waals surface area contributed by atoms with Crippen molar-refractivity contribution in [3.05, 3.63) is 5.82 Å². The van der Waals surface area contributed by atoms with Crippen molar-refractivity contribution in [2.24, 2.45) is 0 Å². The quantitative estimate of drug-likeness (QED) is 0.668. The van der Waals surface area contributed by atoms with Gasteiger partial charge in [-0.3, -0.25) is 9.89 Å². The van der Waals surface area contributed by atoms with Crippen LogP contribution in [0, 0.1) is 0 Å². The van der Waals surface area contributed by atoms with Gasteiger partial charge in [0.2, 0.25) is 11.8 Å². The van der Waals surface area contributed by atoms with E-state index in [1.165, 1.54) is 32.1 Å². The highest BCUT2D eigenvalue weighted by Gasteiger charge is 2.17. The van der Waals surface area contributed by atoms with Crippen LogP contribution in [-0.4, -0.2) is 52.2 Å². The van der Waals surface area contributed by atoms with E-state index in [9.17, 15) is 4.79 Å². The summed E-state index contributed by atoms with van der Waals surface area (Å²) in [5, 5.41) is 8.94. The van der Waals surface area contributed by atoms with Crippen LogP contribution in [0.25, 0.3) is 0 Å². The van der Waals surface area contributed by atoms with E-state index in [1.54, 1.807) is 0 Å². The largest absolute Gasteiger partial charge is 0.366 e. The Bertz CT molecular complexity index is 426. The third-order valence-corrected chi connectivity index (χ3v) is 3.89. The average molecular weight is 280 g/mol. The van der Waals surface area contributed by atoms with E-state index in [0.29, 0.717) is 12.6 Å². The van der Waals surface area contributed by atoms with Gasteiger partial charge in [-0.25, -0.2) is 0 Å². The molecule has 1 aromatic heterocycles. The van der Waals surface area contributed by atoms with Gasteiger partial charge in [-0.1, -0.05) is 19.3 Å². The lowest BCUT2D eigenvalue weighted by Crippen LogP contribution is -2.36. The molecule has 7 heteroatoms. The highest BCUT2D eigenvalue weighted by atomic mass is 16.2. The Balaban J connectivity index is 1.62. The van der Waals surface area contributed by atoms with E-state index in [-0.39, 0.29) is 17.7 Å². The minimum atomic E-state index is -0.255. The molecule has 1 saturated carbocycles. The number of aromatic amines is 1. The van der Waals surface area contributed by atoms with Crippen molar-refractivity contribution in [1.82, 2.24) is 25.4 Å². The Morgan fingerprint density at radius 2 is 2.20 bits per heavy atom. The molecular weight excluding hydrogens is 256 g/mol. The number of nitrogens with zero attached hydrogens (tertiary/aromatic N) is 3. The van der Waals surface area contributed by atoms with E-state index >= 15 is 0 Å². The van der Waals surface area contributed by atoms with Gasteiger partial charge >= 0.3 is 0 Å². The van der Waals surface area contributed by atoms with Crippen LogP contribution < -0.4 is 11.1 Å². The van der Waals surface area contributed by atoms with Gasteiger partial charge in [0.25, 0.3) is 5.91 Å². The first-order valence-corrected chi connectivity index (χ1v) is 7.33. The molecule has 0 spiro atoms. The zero-order chi connectivity index (χ0) is 14.4. The second-order valence-corrected chi connectivity index (χ2v) is 5.42. The number of rotatable bonds is 6. The SMILES string of the molecule is CN(CCCNC(=O)c1nc(N)n[nH]1)C1CCCCC1. The molecule has 0 aliphatic heterocycles. The third kappa shape index (κ3) is 4.19. The van der Waals surface area contributed by atoms with Gasteiger partial charge in [-0.05, 0) is 32.9 Å². The molecule has 7 nitrogen and oxygen atoms in total. The summed E-state index contributed by atoms with van der Waals surface area (Å²) in [5.74, 6) is 0.00448. The van der Waals surface area contributed by atoms with Crippen molar-refractivity contribution in [3.63, 3.8) is 0 Å². The number of nitrogen functional groups attached to an aromatic ring is 1. The lowest BCUT2D eigenvalue weighted by Gasteiger charge is -2.31. The number of carbonyl (C=O) groups excluding carboxylic acids is 1. The highest BCUT2D eigenvalue weighted by molar-refractivity contribution is 5.90. The molecule has 0 saturated heterocycles. The number of nitrogens with two attached hydrogens (primary N) is 1. The van der Waals surface area contributed by atoms with E-state index in [2.05, 4.69) is 32.4 Å². The van der Waals surface area contributed by atoms with Gasteiger partial charge in [-0.2, -0.15) is 4.98 Å². The number of aromatic nitrogens is 3. The minimum absolute atomic E-state index is 0.0900. The maximum absolute atomic E-state index is 11.7. The Kier molecular flexibility index (Phi) is 5.34. The lowest BCUT2D eigenvalue weighted by atomic mass is 9.94. The monoisotopic (exact) mass is 280 g/mol. The Morgan fingerprint density at radius 3 is 2.85 bits per heavy atom. The molecule has 0 radical (unpaired) electrons. The molecule has 1 amide bonds. The molecule has 0 aromatic carbocycles. The summed E-state index contributed by atoms with van der Waals surface area (Å²) in [5.41, 5.74) is 5.35. The van der Waals surface area contributed by atoms with E-state index in [4.69, 9.17) is 5.73 Å². The molecule has 0 bridgehead atoms. The normalized spacial score (nSPS) is 16.5. The summed E-state index contributed by atoms with van der Waals surface area (Å²) in [6.45, 7) is 1.64. The van der Waals surface area contributed by atoms with E-state index < -0.39 is 0 Å². The molecule has 0 atom stereocenters. The average Bonchev–Trinajstić information content (AvgIpc) is 2.91. The predicted octanol–water partition coefficient (Wildman–Crippen LogP) is 0.771. The number of nitrogens with one attached hydrogen (secondary N) is 2. The third-order valence-electron chi connectivity index (χ3n) is 3.89. The Labute approximate surface area is 119 Å². The zero-order valence-electron chi connectivity index (χ0n) is 12.1. The molecule has 1 aliphatic rings. The fourth-order valence-corrected chi connectivity index (χ4v) is 2.69. The summed E-state index contributed by atoms with van der Waals surface area (Å²) in [4.78, 5) is 17.9. The molecule has 20 heavy (non-hydrogen) atoms. The summed E-state index contributed by atoms with van der Waals surface area (Å²) < 4.78 is 0. The van der Waals surface area contributed by atoms with Crippen LogP contribution in [0.4, 0.5) is 5.95 Å². The summed E-state index contributed by atoms with van der Waals surface area (Å²) in [6, 6.07) is 0.716. The highest BCUT2D eigenvalue weighted by Crippen LogP contribution is 2.21. The maximum Gasteiger partial charge on any atom is 0.288 e. The molecule has 2 rings (SSSR count). The first kappa shape index (κ1) is 14.8. The number of H-pyrrole nitrogens is 1. The molecule has 1 fully saturated rings. The summed E-state index contributed by atoms with van der Waals surface area (Å²) >= 11 is 0. The van der Waals surface area contributed by atoms with Gasteiger partial charge in [0, 0.05) is 12.6 Å². The van der Waals surface area contributed by atoms with E-state index in [0.717, 1.165) is 13.0 Å². The lowest BCUT2D eigenvalue weighted by molar-refractivity contribution is 0.0940. The molecular formula is C13H24N6O. The maximum atomic E-state index is 11.7. The van der Waals surface area contributed by atoms with Crippen molar-refractivity contribution in [2.75, 3.05) is 25.9 Å². The summed E-state index contributed by atoms with van der Waals surface area (Å²) in [6.07, 6.45) is 7.61. The fourth-order valence-electron chi connectivity index (χ4n) is 2.69. The number of hydrogen-bond acceptors (Lipinski definition) is 5. The number of amides is 1. The number of hydrogen-bond donors (Lipinski definition) is 3. The zero-order valence-corrected chi connectivity index (χ0v) is 12.1. The van der Waals surface area contributed by atoms with Crippen LogP contribution in [0.5, 0.6) is 0 Å². The number of carbonyl (C=O) groups is 1. The van der Waals surface area contributed by atoms with Gasteiger partial charge in [0.05, 0.1) is 0 Å². The molecule has 1 aromatic rings. The standard InChI is InChI=1S/C13H24N6O/c1-19(10-6-3-2-4-7-10)9-5-8-15-12(20)11-16-13(14)18-17-11/h10H,2-9H2,1H3,(H,15,20)(H3,14,16,17,18). The van der Waals surface area contributed by atoms with Crippen LogP contribution >= 0.6 is 0 Å².